The number of carbonyl (C=O) groups excluding carboxylic acids is 1. The van der Waals surface area contributed by atoms with E-state index >= 15 is 0 Å². The van der Waals surface area contributed by atoms with Crippen molar-refractivity contribution >= 4 is 11.7 Å². The maximum Gasteiger partial charge on any atom is 0.228 e. The molecule has 1 saturated heterocycles. The fraction of sp³-hybridized carbons (Fsp3) is 0.667. The fourth-order valence-electron chi connectivity index (χ4n) is 2.31. The Hall–Kier alpha value is -2.01. The van der Waals surface area contributed by atoms with Crippen molar-refractivity contribution in [2.75, 3.05) is 18.0 Å². The molecule has 1 aromatic heterocycles. The fourth-order valence-corrected chi connectivity index (χ4v) is 2.31. The molecule has 7 heteroatoms. The van der Waals surface area contributed by atoms with E-state index in [1.165, 1.54) is 0 Å². The lowest BCUT2D eigenvalue weighted by Gasteiger charge is -2.21. The van der Waals surface area contributed by atoms with Crippen LogP contribution in [0.15, 0.2) is 17.4 Å². The predicted molar refractivity (Wildman–Crippen MR) is 71.7 cm³/mol. The average Bonchev–Trinajstić information content (AvgIpc) is 3.01. The van der Waals surface area contributed by atoms with E-state index in [2.05, 4.69) is 29.0 Å². The van der Waals surface area contributed by atoms with Gasteiger partial charge in [-0.2, -0.15) is 5.10 Å². The molecule has 0 spiro atoms. The van der Waals surface area contributed by atoms with Crippen molar-refractivity contribution in [3.63, 3.8) is 0 Å². The monoisotopic (exact) mass is 262 g/mol. The Kier molecular flexibility index (Phi) is 4.06. The van der Waals surface area contributed by atoms with Gasteiger partial charge in [0.2, 0.25) is 5.91 Å². The van der Waals surface area contributed by atoms with Gasteiger partial charge in [0.25, 0.3) is 0 Å². The lowest BCUT2D eigenvalue weighted by molar-refractivity contribution is -0.117. The summed E-state index contributed by atoms with van der Waals surface area (Å²) in [5.74, 6) is 1.01. The van der Waals surface area contributed by atoms with Crippen LogP contribution >= 0.6 is 0 Å². The van der Waals surface area contributed by atoms with Crippen molar-refractivity contribution in [2.45, 2.75) is 32.7 Å². The molecule has 0 saturated carbocycles. The number of amides is 1. The van der Waals surface area contributed by atoms with Crippen LogP contribution in [-0.2, 0) is 4.79 Å². The van der Waals surface area contributed by atoms with Crippen LogP contribution in [0.4, 0.5) is 5.82 Å². The summed E-state index contributed by atoms with van der Waals surface area (Å²) in [6, 6.07) is 2.12. The van der Waals surface area contributed by atoms with Gasteiger partial charge in [-0.15, -0.1) is 0 Å². The molecule has 2 rings (SSSR count). The largest absolute Gasteiger partial charge is 0.297 e. The molecule has 0 aliphatic carbocycles. The van der Waals surface area contributed by atoms with Crippen molar-refractivity contribution in [2.24, 2.45) is 11.0 Å². The first-order valence-corrected chi connectivity index (χ1v) is 6.52. The Balaban J connectivity index is 2.16. The minimum atomic E-state index is 0.0724. The number of aromatic nitrogens is 2. The van der Waals surface area contributed by atoms with Crippen LogP contribution < -0.4 is 4.90 Å². The maximum absolute atomic E-state index is 12.1. The molecule has 7 nitrogen and oxygen atoms in total. The van der Waals surface area contributed by atoms with E-state index in [4.69, 9.17) is 5.53 Å². The molecule has 1 amide bonds. The van der Waals surface area contributed by atoms with Gasteiger partial charge in [-0.25, -0.2) is 4.68 Å². The van der Waals surface area contributed by atoms with E-state index in [0.717, 1.165) is 12.2 Å². The third kappa shape index (κ3) is 2.71. The van der Waals surface area contributed by atoms with Crippen LogP contribution in [0.2, 0.25) is 0 Å². The Morgan fingerprint density at radius 2 is 2.47 bits per heavy atom. The summed E-state index contributed by atoms with van der Waals surface area (Å²) in [5.41, 5.74) is 8.34. The molecular weight excluding hydrogens is 244 g/mol. The summed E-state index contributed by atoms with van der Waals surface area (Å²) >= 11 is 0. The number of hydrogen-bond donors (Lipinski definition) is 0. The van der Waals surface area contributed by atoms with Crippen molar-refractivity contribution in [1.82, 2.24) is 9.78 Å². The molecule has 1 fully saturated rings. The van der Waals surface area contributed by atoms with E-state index in [1.807, 2.05) is 10.7 Å². The molecule has 2 unspecified atom stereocenters. The first kappa shape index (κ1) is 13.4. The predicted octanol–water partition coefficient (Wildman–Crippen LogP) is 2.52. The van der Waals surface area contributed by atoms with Gasteiger partial charge < -0.3 is 0 Å². The normalized spacial score (nSPS) is 20.4. The van der Waals surface area contributed by atoms with E-state index in [9.17, 15) is 4.79 Å². The molecule has 1 aliphatic heterocycles. The maximum atomic E-state index is 12.1. The zero-order valence-electron chi connectivity index (χ0n) is 11.2. The average molecular weight is 262 g/mol. The van der Waals surface area contributed by atoms with Gasteiger partial charge in [0.1, 0.15) is 5.82 Å². The van der Waals surface area contributed by atoms with Gasteiger partial charge in [0, 0.05) is 30.5 Å². The summed E-state index contributed by atoms with van der Waals surface area (Å²) < 4.78 is 1.88. The van der Waals surface area contributed by atoms with Crippen LogP contribution in [0.1, 0.15) is 32.7 Å². The summed E-state index contributed by atoms with van der Waals surface area (Å²) in [7, 11) is 0. The molecule has 0 N–H and O–H groups in total. The van der Waals surface area contributed by atoms with Crippen molar-refractivity contribution in [3.05, 3.63) is 22.7 Å². The van der Waals surface area contributed by atoms with Gasteiger partial charge in [0.15, 0.2) is 0 Å². The minimum Gasteiger partial charge on any atom is -0.297 e. The Labute approximate surface area is 111 Å². The van der Waals surface area contributed by atoms with Crippen LogP contribution in [0.3, 0.4) is 0 Å². The van der Waals surface area contributed by atoms with Gasteiger partial charge in [-0.1, -0.05) is 12.0 Å². The second-order valence-electron chi connectivity index (χ2n) is 4.88. The molecule has 0 bridgehead atoms. The molecule has 2 atom stereocenters. The molecule has 1 aliphatic rings. The highest BCUT2D eigenvalue weighted by Crippen LogP contribution is 2.27. The number of azide groups is 1. The van der Waals surface area contributed by atoms with Crippen LogP contribution in [0, 0.1) is 5.92 Å². The zero-order valence-corrected chi connectivity index (χ0v) is 11.2. The third-order valence-corrected chi connectivity index (χ3v) is 3.54. The molecule has 0 radical (unpaired) electrons. The van der Waals surface area contributed by atoms with Gasteiger partial charge >= 0.3 is 0 Å². The first-order valence-electron chi connectivity index (χ1n) is 6.52. The van der Waals surface area contributed by atoms with Crippen molar-refractivity contribution in [3.8, 4) is 0 Å². The number of anilines is 1. The van der Waals surface area contributed by atoms with Gasteiger partial charge in [-0.05, 0) is 24.8 Å². The van der Waals surface area contributed by atoms with Gasteiger partial charge in [0.05, 0.1) is 12.2 Å². The zero-order chi connectivity index (χ0) is 13.8. The Morgan fingerprint density at radius 1 is 1.68 bits per heavy atom. The van der Waals surface area contributed by atoms with E-state index in [0.29, 0.717) is 19.5 Å². The molecule has 19 heavy (non-hydrogen) atoms. The van der Waals surface area contributed by atoms with Crippen molar-refractivity contribution < 1.29 is 4.79 Å². The smallest absolute Gasteiger partial charge is 0.228 e. The highest BCUT2D eigenvalue weighted by atomic mass is 16.2. The number of rotatable bonds is 5. The SMILES string of the molecule is CCC(C)n1nccc1N1CC(CN=[N+]=[N-])CC1=O. The summed E-state index contributed by atoms with van der Waals surface area (Å²) in [4.78, 5) is 16.6. The van der Waals surface area contributed by atoms with Crippen LogP contribution in [0.5, 0.6) is 0 Å². The molecule has 0 aromatic carbocycles. The topological polar surface area (TPSA) is 86.9 Å². The quantitative estimate of drug-likeness (QED) is 0.463. The molecule has 102 valence electrons. The Morgan fingerprint density at radius 3 is 3.16 bits per heavy atom. The van der Waals surface area contributed by atoms with Crippen LogP contribution in [-0.4, -0.2) is 28.8 Å². The number of carbonyl (C=O) groups is 1. The van der Waals surface area contributed by atoms with Crippen molar-refractivity contribution in [1.29, 1.82) is 0 Å². The Bertz CT molecular complexity index is 504. The number of nitrogens with zero attached hydrogens (tertiary/aromatic N) is 6. The van der Waals surface area contributed by atoms with E-state index in [-0.39, 0.29) is 17.9 Å². The van der Waals surface area contributed by atoms with E-state index < -0.39 is 0 Å². The summed E-state index contributed by atoms with van der Waals surface area (Å²) in [6.07, 6.45) is 3.11. The first-order chi connectivity index (χ1) is 9.17. The third-order valence-electron chi connectivity index (χ3n) is 3.54. The summed E-state index contributed by atoms with van der Waals surface area (Å²) in [5, 5.41) is 7.85. The number of hydrogen-bond acceptors (Lipinski definition) is 3. The standard InChI is InChI=1S/C12H18N6O/c1-3-9(2)18-11(4-5-15-18)17-8-10(6-12(17)19)7-14-16-13/h4-5,9-10H,3,6-8H2,1-2H3. The molecule has 2 heterocycles. The lowest BCUT2D eigenvalue weighted by Crippen LogP contribution is -2.28. The highest BCUT2D eigenvalue weighted by Gasteiger charge is 2.32. The second-order valence-corrected chi connectivity index (χ2v) is 4.88. The van der Waals surface area contributed by atoms with E-state index in [1.54, 1.807) is 11.1 Å². The highest BCUT2D eigenvalue weighted by molar-refractivity contribution is 5.94. The second kappa shape index (κ2) is 5.75. The van der Waals surface area contributed by atoms with Gasteiger partial charge in [-0.3, -0.25) is 9.69 Å². The molecular formula is C12H18N6O. The molecule has 1 aromatic rings. The lowest BCUT2D eigenvalue weighted by atomic mass is 10.1. The summed E-state index contributed by atoms with van der Waals surface area (Å²) in [6.45, 7) is 5.14. The van der Waals surface area contributed by atoms with Crippen LogP contribution in [0.25, 0.3) is 10.4 Å². The minimum absolute atomic E-state index is 0.0724.